The number of amides is 1. The molecule has 262 valence electrons. The molecule has 12 nitrogen and oxygen atoms in total. The fourth-order valence-corrected chi connectivity index (χ4v) is 7.25. The molecule has 3 atom stereocenters. The summed E-state index contributed by atoms with van der Waals surface area (Å²) >= 11 is 6.63. The zero-order valence-corrected chi connectivity index (χ0v) is 29.2. The van der Waals surface area contributed by atoms with Crippen molar-refractivity contribution < 1.29 is 47.9 Å². The average Bonchev–Trinajstić information content (AvgIpc) is 3.73. The largest absolute Gasteiger partial charge is 0.507 e. The molecular formula is C37H37ClN2O10. The van der Waals surface area contributed by atoms with Gasteiger partial charge in [0, 0.05) is 60.0 Å². The van der Waals surface area contributed by atoms with Crippen molar-refractivity contribution in [3.05, 3.63) is 81.7 Å². The number of aliphatic hydroxyl groups is 1. The molecular weight excluding hydrogens is 668 g/mol. The van der Waals surface area contributed by atoms with E-state index in [-0.39, 0.29) is 64.3 Å². The number of hydrogen-bond donors (Lipinski definition) is 3. The Hall–Kier alpha value is -5.36. The summed E-state index contributed by atoms with van der Waals surface area (Å²) in [5.74, 6) is -2.97. The van der Waals surface area contributed by atoms with E-state index in [0.29, 0.717) is 11.3 Å². The van der Waals surface area contributed by atoms with E-state index in [1.165, 1.54) is 41.6 Å². The van der Waals surface area contributed by atoms with Crippen molar-refractivity contribution in [2.75, 3.05) is 35.5 Å². The van der Waals surface area contributed by atoms with E-state index >= 15 is 0 Å². The number of allylic oxidation sites excluding steroid dienone is 1. The number of H-pyrrole nitrogens is 1. The lowest BCUT2D eigenvalue weighted by atomic mass is 9.69. The first-order chi connectivity index (χ1) is 24.0. The number of nitrogens with one attached hydrogen (secondary N) is 2. The number of carbonyl (C=O) groups excluding carboxylic acids is 3. The predicted molar refractivity (Wildman–Crippen MR) is 184 cm³/mol. The second-order valence-electron chi connectivity index (χ2n) is 12.1. The molecule has 3 N–H and O–H groups in total. The van der Waals surface area contributed by atoms with E-state index in [4.69, 9.17) is 40.0 Å². The fraction of sp³-hybridized carbons (Fsp3) is 0.324. The van der Waals surface area contributed by atoms with Crippen molar-refractivity contribution in [1.29, 1.82) is 0 Å². The van der Waals surface area contributed by atoms with Gasteiger partial charge in [-0.25, -0.2) is 0 Å². The molecule has 1 aliphatic carbocycles. The molecule has 0 bridgehead atoms. The van der Waals surface area contributed by atoms with Crippen molar-refractivity contribution in [2.24, 2.45) is 5.92 Å². The first kappa shape index (κ1) is 34.5. The van der Waals surface area contributed by atoms with E-state index in [1.54, 1.807) is 19.1 Å². The van der Waals surface area contributed by atoms with Gasteiger partial charge in [-0.15, -0.1) is 0 Å². The second-order valence-corrected chi connectivity index (χ2v) is 12.5. The number of Topliss-reactive ketones (excluding diaryl/α,β-unsaturated/α-hetero) is 2. The van der Waals surface area contributed by atoms with Gasteiger partial charge in [-0.1, -0.05) is 30.7 Å². The maximum absolute atomic E-state index is 14.4. The first-order valence-corrected chi connectivity index (χ1v) is 16.2. The Bertz CT molecular complexity index is 2030. The number of aromatic amines is 1. The average molecular weight is 705 g/mol. The summed E-state index contributed by atoms with van der Waals surface area (Å²) in [4.78, 5) is 45.5. The molecule has 1 aliphatic heterocycles. The number of aliphatic hydroxyl groups excluding tert-OH is 1. The zero-order valence-electron chi connectivity index (χ0n) is 28.4. The van der Waals surface area contributed by atoms with Gasteiger partial charge in [0.2, 0.25) is 23.0 Å². The van der Waals surface area contributed by atoms with Gasteiger partial charge in [0.05, 0.1) is 35.5 Å². The molecule has 1 unspecified atom stereocenters. The SMILES string of the molecule is COc1cc(OC)c2c(c1Cl)O[C@]1(C2=O)C(O)=C(C(CC(=O)NCc2cccc3[nH]ccc23)c2cc(OC)c(OC)c(OC)c2)C(=O)C[C@H]1C. The van der Waals surface area contributed by atoms with E-state index in [9.17, 15) is 19.5 Å². The standard InChI is InChI=1S/C37H37ClN2O10/c1-18-12-24(41)30(35(43)37(18)36(44)31-25(45-2)16-26(46-3)32(38)34(31)50-37)22(20-13-27(47-4)33(49-6)28(14-20)48-5)15-29(42)40-17-19-8-7-9-23-21(19)10-11-39-23/h7-11,13-14,16,18,22,39,43H,12,15,17H2,1-6H3,(H,40,42)/t18-,22?,37+/m1/s1. The van der Waals surface area contributed by atoms with Gasteiger partial charge < -0.3 is 43.8 Å². The van der Waals surface area contributed by atoms with Crippen LogP contribution in [0.15, 0.2) is 60.0 Å². The molecule has 1 spiro atoms. The van der Waals surface area contributed by atoms with Crippen LogP contribution in [0.4, 0.5) is 0 Å². The Morgan fingerprint density at radius 2 is 1.68 bits per heavy atom. The number of rotatable bonds is 11. The van der Waals surface area contributed by atoms with Gasteiger partial charge in [-0.05, 0) is 35.4 Å². The summed E-state index contributed by atoms with van der Waals surface area (Å²) < 4.78 is 33.9. The number of ether oxygens (including phenoxy) is 6. The van der Waals surface area contributed by atoms with Crippen LogP contribution in [-0.2, 0) is 16.1 Å². The normalized spacial score (nSPS) is 18.9. The summed E-state index contributed by atoms with van der Waals surface area (Å²) in [6, 6.07) is 12.3. The Balaban J connectivity index is 1.48. The first-order valence-electron chi connectivity index (χ1n) is 15.8. The lowest BCUT2D eigenvalue weighted by Crippen LogP contribution is -2.53. The third-order valence-corrected chi connectivity index (χ3v) is 9.86. The van der Waals surface area contributed by atoms with Crippen LogP contribution < -0.4 is 33.7 Å². The van der Waals surface area contributed by atoms with Crippen molar-refractivity contribution >= 4 is 40.0 Å². The lowest BCUT2D eigenvalue weighted by Gasteiger charge is -2.38. The number of benzene rings is 3. The maximum Gasteiger partial charge on any atom is 0.231 e. The molecule has 1 amide bonds. The van der Waals surface area contributed by atoms with E-state index in [0.717, 1.165) is 16.5 Å². The predicted octanol–water partition coefficient (Wildman–Crippen LogP) is 6.09. The molecule has 3 aromatic carbocycles. The van der Waals surface area contributed by atoms with Crippen LogP contribution in [0.25, 0.3) is 10.9 Å². The highest BCUT2D eigenvalue weighted by atomic mass is 35.5. The number of hydrogen-bond acceptors (Lipinski definition) is 10. The second kappa shape index (κ2) is 13.5. The monoisotopic (exact) mass is 704 g/mol. The minimum atomic E-state index is -2.05. The van der Waals surface area contributed by atoms with E-state index in [2.05, 4.69) is 10.3 Å². The number of aromatic nitrogens is 1. The molecule has 2 aliphatic rings. The number of ketones is 2. The molecule has 0 radical (unpaired) electrons. The summed E-state index contributed by atoms with van der Waals surface area (Å²) in [6.45, 7) is 1.84. The lowest BCUT2D eigenvalue weighted by molar-refractivity contribution is -0.122. The minimum absolute atomic E-state index is 0.00460. The van der Waals surface area contributed by atoms with Crippen molar-refractivity contribution in [3.8, 4) is 34.5 Å². The summed E-state index contributed by atoms with van der Waals surface area (Å²) in [6.07, 6.45) is 1.34. The third-order valence-electron chi connectivity index (χ3n) is 9.50. The minimum Gasteiger partial charge on any atom is -0.507 e. The van der Waals surface area contributed by atoms with Crippen LogP contribution in [-0.4, -0.2) is 68.7 Å². The van der Waals surface area contributed by atoms with Crippen LogP contribution in [0.2, 0.25) is 5.02 Å². The quantitative estimate of drug-likeness (QED) is 0.167. The molecule has 50 heavy (non-hydrogen) atoms. The van der Waals surface area contributed by atoms with Crippen molar-refractivity contribution in [2.45, 2.75) is 37.8 Å². The topological polar surface area (TPSA) is 155 Å². The number of methoxy groups -OCH3 is 5. The molecule has 0 saturated heterocycles. The number of halogens is 1. The maximum atomic E-state index is 14.4. The summed E-state index contributed by atoms with van der Waals surface area (Å²) in [5.41, 5.74) is -0.00855. The van der Waals surface area contributed by atoms with Crippen molar-refractivity contribution in [1.82, 2.24) is 10.3 Å². The van der Waals surface area contributed by atoms with Crippen LogP contribution in [0.1, 0.15) is 47.2 Å². The Morgan fingerprint density at radius 1 is 1.00 bits per heavy atom. The van der Waals surface area contributed by atoms with Crippen LogP contribution in [0.3, 0.4) is 0 Å². The molecule has 1 aromatic heterocycles. The van der Waals surface area contributed by atoms with Gasteiger partial charge >= 0.3 is 0 Å². The van der Waals surface area contributed by atoms with Crippen LogP contribution in [0.5, 0.6) is 34.5 Å². The Kier molecular flexibility index (Phi) is 9.32. The van der Waals surface area contributed by atoms with Gasteiger partial charge in [0.1, 0.15) is 22.1 Å². The van der Waals surface area contributed by atoms with Gasteiger partial charge in [0.15, 0.2) is 28.8 Å². The van der Waals surface area contributed by atoms with E-state index < -0.39 is 40.7 Å². The molecule has 6 rings (SSSR count). The highest BCUT2D eigenvalue weighted by molar-refractivity contribution is 6.35. The van der Waals surface area contributed by atoms with Crippen LogP contribution in [0, 0.1) is 5.92 Å². The highest BCUT2D eigenvalue weighted by Crippen LogP contribution is 2.56. The van der Waals surface area contributed by atoms with Gasteiger partial charge in [-0.3, -0.25) is 14.4 Å². The van der Waals surface area contributed by atoms with Gasteiger partial charge in [0.25, 0.3) is 0 Å². The molecule has 13 heteroatoms. The molecule has 0 fully saturated rings. The summed E-state index contributed by atoms with van der Waals surface area (Å²) in [7, 11) is 7.12. The third kappa shape index (κ3) is 5.43. The molecule has 4 aromatic rings. The number of carbonyl (C=O) groups is 3. The Labute approximate surface area is 293 Å². The molecule has 0 saturated carbocycles. The Morgan fingerprint density at radius 3 is 2.32 bits per heavy atom. The van der Waals surface area contributed by atoms with Gasteiger partial charge in [-0.2, -0.15) is 0 Å². The van der Waals surface area contributed by atoms with Crippen molar-refractivity contribution in [3.63, 3.8) is 0 Å². The smallest absolute Gasteiger partial charge is 0.231 e. The highest BCUT2D eigenvalue weighted by Gasteiger charge is 2.61. The van der Waals surface area contributed by atoms with Crippen LogP contribution >= 0.6 is 11.6 Å². The summed E-state index contributed by atoms with van der Waals surface area (Å²) in [5, 5.41) is 16.2. The van der Waals surface area contributed by atoms with E-state index in [1.807, 2.05) is 30.5 Å². The number of fused-ring (bicyclic) bond motifs is 2. The molecule has 2 heterocycles. The zero-order chi connectivity index (χ0) is 35.9. The fourth-order valence-electron chi connectivity index (χ4n) is 6.98.